The van der Waals surface area contributed by atoms with E-state index in [1.54, 1.807) is 12.5 Å². The van der Waals surface area contributed by atoms with E-state index in [-0.39, 0.29) is 0 Å². The molecule has 2 aromatic heterocycles. The Bertz CT molecular complexity index is 759. The Morgan fingerprint density at radius 3 is 2.52 bits per heavy atom. The van der Waals surface area contributed by atoms with E-state index in [1.165, 1.54) is 5.69 Å². The van der Waals surface area contributed by atoms with Crippen LogP contribution in [0.25, 0.3) is 5.69 Å². The first kappa shape index (κ1) is 15.9. The second-order valence-corrected chi connectivity index (χ2v) is 6.59. The Morgan fingerprint density at radius 1 is 1.12 bits per heavy atom. The van der Waals surface area contributed by atoms with Crippen LogP contribution in [0, 0.1) is 0 Å². The largest absolute Gasteiger partial charge is 0.371 e. The standard InChI is InChI=1S/C19H23N5O/c1-22(15-16-9-14-25-21-16)17-7-12-23(13-8-17)18-3-5-19(6-4-18)24-11-2-10-20-24/h2-6,9-11,14,17H,7-8,12-13,15H2,1H3. The van der Waals surface area contributed by atoms with Crippen molar-refractivity contribution < 1.29 is 4.52 Å². The van der Waals surface area contributed by atoms with Crippen LogP contribution in [0.5, 0.6) is 0 Å². The lowest BCUT2D eigenvalue weighted by atomic mass is 10.0. The van der Waals surface area contributed by atoms with E-state index in [1.807, 2.05) is 23.0 Å². The fraction of sp³-hybridized carbons (Fsp3) is 0.368. The van der Waals surface area contributed by atoms with Crippen LogP contribution in [-0.4, -0.2) is 46.0 Å². The predicted octanol–water partition coefficient (Wildman–Crippen LogP) is 2.96. The highest BCUT2D eigenvalue weighted by Crippen LogP contribution is 2.24. The van der Waals surface area contributed by atoms with Gasteiger partial charge in [-0.25, -0.2) is 4.68 Å². The minimum atomic E-state index is 0.594. The quantitative estimate of drug-likeness (QED) is 0.716. The molecule has 0 aliphatic carbocycles. The highest BCUT2D eigenvalue weighted by Gasteiger charge is 2.23. The second-order valence-electron chi connectivity index (χ2n) is 6.59. The molecule has 0 saturated carbocycles. The van der Waals surface area contributed by atoms with Crippen molar-refractivity contribution in [3.8, 4) is 5.69 Å². The Kier molecular flexibility index (Phi) is 4.52. The van der Waals surface area contributed by atoms with Crippen LogP contribution in [-0.2, 0) is 6.54 Å². The molecule has 1 aliphatic heterocycles. The van der Waals surface area contributed by atoms with Crippen molar-refractivity contribution in [2.24, 2.45) is 0 Å². The molecule has 1 fully saturated rings. The Hall–Kier alpha value is -2.60. The van der Waals surface area contributed by atoms with Gasteiger partial charge in [0.05, 0.1) is 11.4 Å². The molecule has 6 heteroatoms. The first-order valence-electron chi connectivity index (χ1n) is 8.74. The molecule has 1 aliphatic rings. The smallest absolute Gasteiger partial charge is 0.124 e. The zero-order valence-electron chi connectivity index (χ0n) is 14.5. The SMILES string of the molecule is CN(Cc1ccon1)C1CCN(c2ccc(-n3cccn3)cc2)CC1. The Morgan fingerprint density at radius 2 is 1.88 bits per heavy atom. The minimum Gasteiger partial charge on any atom is -0.371 e. The summed E-state index contributed by atoms with van der Waals surface area (Å²) in [6.07, 6.45) is 7.72. The fourth-order valence-corrected chi connectivity index (χ4v) is 3.51. The van der Waals surface area contributed by atoms with Crippen LogP contribution >= 0.6 is 0 Å². The number of nitrogens with zero attached hydrogens (tertiary/aromatic N) is 5. The maximum absolute atomic E-state index is 4.92. The number of aromatic nitrogens is 3. The van der Waals surface area contributed by atoms with Crippen molar-refractivity contribution in [1.29, 1.82) is 0 Å². The second kappa shape index (κ2) is 7.11. The summed E-state index contributed by atoms with van der Waals surface area (Å²) in [7, 11) is 2.17. The lowest BCUT2D eigenvalue weighted by Gasteiger charge is -2.37. The Balaban J connectivity index is 1.34. The summed E-state index contributed by atoms with van der Waals surface area (Å²) in [4.78, 5) is 4.85. The van der Waals surface area contributed by atoms with Gasteiger partial charge in [-0.05, 0) is 50.2 Å². The van der Waals surface area contributed by atoms with Gasteiger partial charge >= 0.3 is 0 Å². The molecule has 1 aromatic carbocycles. The Labute approximate surface area is 147 Å². The minimum absolute atomic E-state index is 0.594. The van der Waals surface area contributed by atoms with E-state index in [2.05, 4.69) is 51.4 Å². The van der Waals surface area contributed by atoms with Gasteiger partial charge in [-0.3, -0.25) is 4.90 Å². The summed E-state index contributed by atoms with van der Waals surface area (Å²) in [5.41, 5.74) is 3.38. The summed E-state index contributed by atoms with van der Waals surface area (Å²) in [5, 5.41) is 8.28. The maximum Gasteiger partial charge on any atom is 0.124 e. The van der Waals surface area contributed by atoms with Gasteiger partial charge in [-0.2, -0.15) is 5.10 Å². The molecule has 25 heavy (non-hydrogen) atoms. The third kappa shape index (κ3) is 3.58. The van der Waals surface area contributed by atoms with Crippen molar-refractivity contribution >= 4 is 5.69 Å². The molecular weight excluding hydrogens is 314 g/mol. The maximum atomic E-state index is 4.92. The van der Waals surface area contributed by atoms with Crippen molar-refractivity contribution in [2.75, 3.05) is 25.0 Å². The van der Waals surface area contributed by atoms with Gasteiger partial charge in [-0.15, -0.1) is 0 Å². The molecule has 0 spiro atoms. The molecule has 3 aromatic rings. The number of benzene rings is 1. The molecule has 0 unspecified atom stereocenters. The van der Waals surface area contributed by atoms with Crippen LogP contribution in [0.15, 0.2) is 59.6 Å². The molecule has 0 amide bonds. The van der Waals surface area contributed by atoms with Gasteiger partial charge in [0, 0.05) is 49.8 Å². The van der Waals surface area contributed by atoms with Gasteiger partial charge in [0.2, 0.25) is 0 Å². The van der Waals surface area contributed by atoms with E-state index < -0.39 is 0 Å². The monoisotopic (exact) mass is 337 g/mol. The van der Waals surface area contributed by atoms with Crippen molar-refractivity contribution in [3.63, 3.8) is 0 Å². The molecule has 1 saturated heterocycles. The van der Waals surface area contributed by atoms with Crippen molar-refractivity contribution in [2.45, 2.75) is 25.4 Å². The van der Waals surface area contributed by atoms with Crippen molar-refractivity contribution in [1.82, 2.24) is 19.8 Å². The topological polar surface area (TPSA) is 50.3 Å². The molecule has 4 rings (SSSR count). The first-order valence-corrected chi connectivity index (χ1v) is 8.74. The van der Waals surface area contributed by atoms with E-state index in [0.29, 0.717) is 6.04 Å². The summed E-state index contributed by atoms with van der Waals surface area (Å²) in [6.45, 7) is 3.00. The van der Waals surface area contributed by atoms with Crippen molar-refractivity contribution in [3.05, 3.63) is 60.7 Å². The van der Waals surface area contributed by atoms with Crippen LogP contribution < -0.4 is 4.90 Å². The molecule has 130 valence electrons. The van der Waals surface area contributed by atoms with Gasteiger partial charge < -0.3 is 9.42 Å². The van der Waals surface area contributed by atoms with Gasteiger partial charge in [0.25, 0.3) is 0 Å². The lowest BCUT2D eigenvalue weighted by molar-refractivity contribution is 0.195. The van der Waals surface area contributed by atoms with Crippen LogP contribution in [0.4, 0.5) is 5.69 Å². The highest BCUT2D eigenvalue weighted by atomic mass is 16.5. The average molecular weight is 337 g/mol. The predicted molar refractivity (Wildman–Crippen MR) is 96.8 cm³/mol. The number of piperidine rings is 1. The van der Waals surface area contributed by atoms with E-state index in [9.17, 15) is 0 Å². The molecule has 0 radical (unpaired) electrons. The number of hydrogen-bond donors (Lipinski definition) is 0. The zero-order chi connectivity index (χ0) is 17.1. The fourth-order valence-electron chi connectivity index (χ4n) is 3.51. The number of anilines is 1. The molecular formula is C19H23N5O. The van der Waals surface area contributed by atoms with E-state index >= 15 is 0 Å². The summed E-state index contributed by atoms with van der Waals surface area (Å²) in [5.74, 6) is 0. The zero-order valence-corrected chi connectivity index (χ0v) is 14.5. The molecule has 0 bridgehead atoms. The average Bonchev–Trinajstić information content (AvgIpc) is 3.36. The van der Waals surface area contributed by atoms with Gasteiger partial charge in [0.15, 0.2) is 0 Å². The van der Waals surface area contributed by atoms with Gasteiger partial charge in [-0.1, -0.05) is 5.16 Å². The van der Waals surface area contributed by atoms with E-state index in [0.717, 1.165) is 43.9 Å². The summed E-state index contributed by atoms with van der Waals surface area (Å²) < 4.78 is 6.81. The normalized spacial score (nSPS) is 15.8. The van der Waals surface area contributed by atoms with Crippen LogP contribution in [0.2, 0.25) is 0 Å². The molecule has 0 N–H and O–H groups in total. The van der Waals surface area contributed by atoms with E-state index in [4.69, 9.17) is 4.52 Å². The first-order chi connectivity index (χ1) is 12.3. The highest BCUT2D eigenvalue weighted by molar-refractivity contribution is 5.51. The lowest BCUT2D eigenvalue weighted by Crippen LogP contribution is -2.43. The van der Waals surface area contributed by atoms with Crippen LogP contribution in [0.3, 0.4) is 0 Å². The molecule has 0 atom stereocenters. The molecule has 3 heterocycles. The third-order valence-corrected chi connectivity index (χ3v) is 4.97. The summed E-state index contributed by atoms with van der Waals surface area (Å²) in [6, 6.07) is 13.1. The number of hydrogen-bond acceptors (Lipinski definition) is 5. The molecule has 6 nitrogen and oxygen atoms in total. The summed E-state index contributed by atoms with van der Waals surface area (Å²) >= 11 is 0. The number of rotatable bonds is 5. The third-order valence-electron chi connectivity index (χ3n) is 4.97. The van der Waals surface area contributed by atoms with Gasteiger partial charge in [0.1, 0.15) is 6.26 Å². The van der Waals surface area contributed by atoms with Crippen LogP contribution in [0.1, 0.15) is 18.5 Å².